The van der Waals surface area contributed by atoms with Crippen molar-refractivity contribution in [3.05, 3.63) is 27.7 Å². The Hall–Kier alpha value is -0.540. The summed E-state index contributed by atoms with van der Waals surface area (Å²) in [6, 6.07) is 4.35. The van der Waals surface area contributed by atoms with Crippen LogP contribution in [0.4, 0.5) is 0 Å². The largest absolute Gasteiger partial charge is 0.489 e. The lowest BCUT2D eigenvalue weighted by atomic mass is 10.1. The number of hydrogen-bond acceptors (Lipinski definition) is 2. The molecule has 1 fully saturated rings. The fraction of sp³-hybridized carbons (Fsp3) is 0.538. The van der Waals surface area contributed by atoms with Gasteiger partial charge in [0.2, 0.25) is 0 Å². The summed E-state index contributed by atoms with van der Waals surface area (Å²) in [6.07, 6.45) is 3.86. The van der Waals surface area contributed by atoms with E-state index in [1.54, 1.807) is 0 Å². The van der Waals surface area contributed by atoms with E-state index < -0.39 is 0 Å². The van der Waals surface area contributed by atoms with Crippen LogP contribution in [0.2, 0.25) is 0 Å². The topological polar surface area (TPSA) is 21.3 Å². The highest BCUT2D eigenvalue weighted by molar-refractivity contribution is 9.10. The first-order chi connectivity index (χ1) is 7.70. The second-order valence-electron chi connectivity index (χ2n) is 4.41. The van der Waals surface area contributed by atoms with E-state index in [0.29, 0.717) is 6.10 Å². The Morgan fingerprint density at radius 1 is 1.44 bits per heavy atom. The summed E-state index contributed by atoms with van der Waals surface area (Å²) in [7, 11) is 1.98. The van der Waals surface area contributed by atoms with Gasteiger partial charge in [-0.3, -0.25) is 0 Å². The molecule has 2 rings (SSSR count). The maximum atomic E-state index is 5.96. The number of hydrogen-bond donors (Lipinski definition) is 1. The van der Waals surface area contributed by atoms with Gasteiger partial charge in [0.05, 0.1) is 10.6 Å². The van der Waals surface area contributed by atoms with Gasteiger partial charge in [0.1, 0.15) is 5.75 Å². The van der Waals surface area contributed by atoms with Crippen molar-refractivity contribution >= 4 is 15.9 Å². The van der Waals surface area contributed by atoms with E-state index in [2.05, 4.69) is 40.3 Å². The maximum absolute atomic E-state index is 5.96. The van der Waals surface area contributed by atoms with E-state index >= 15 is 0 Å². The molecule has 1 saturated carbocycles. The number of likely N-dealkylation sites (N-methyl/N-ethyl adjacent to an activating group) is 1. The first-order valence-electron chi connectivity index (χ1n) is 5.81. The zero-order valence-electron chi connectivity index (χ0n) is 9.85. The summed E-state index contributed by atoms with van der Waals surface area (Å²) in [6.45, 7) is 3.10. The Bertz CT molecular complexity index is 374. The average molecular weight is 284 g/mol. The highest BCUT2D eigenvalue weighted by atomic mass is 79.9. The van der Waals surface area contributed by atoms with Crippen LogP contribution in [0.5, 0.6) is 5.75 Å². The van der Waals surface area contributed by atoms with Crippen molar-refractivity contribution in [3.63, 3.8) is 0 Å². The molecule has 3 heteroatoms. The van der Waals surface area contributed by atoms with Gasteiger partial charge in [0.15, 0.2) is 0 Å². The Kier molecular flexibility index (Phi) is 3.87. The highest BCUT2D eigenvalue weighted by Gasteiger charge is 2.25. The minimum atomic E-state index is 0.451. The van der Waals surface area contributed by atoms with Gasteiger partial charge in [-0.15, -0.1) is 0 Å². The first-order valence-corrected chi connectivity index (χ1v) is 6.60. The molecule has 2 nitrogen and oxygen atoms in total. The van der Waals surface area contributed by atoms with Crippen LogP contribution in [0.15, 0.2) is 16.6 Å². The number of rotatable bonds is 5. The first kappa shape index (κ1) is 11.9. The van der Waals surface area contributed by atoms with Crippen LogP contribution in [-0.4, -0.2) is 19.7 Å². The monoisotopic (exact) mass is 283 g/mol. The van der Waals surface area contributed by atoms with Crippen LogP contribution in [0, 0.1) is 6.92 Å². The summed E-state index contributed by atoms with van der Waals surface area (Å²) in [4.78, 5) is 0. The summed E-state index contributed by atoms with van der Waals surface area (Å²) < 4.78 is 7.05. The van der Waals surface area contributed by atoms with Gasteiger partial charge in [-0.05, 0) is 72.9 Å². The molecule has 0 radical (unpaired) electrons. The second kappa shape index (κ2) is 5.19. The van der Waals surface area contributed by atoms with E-state index in [4.69, 9.17) is 4.74 Å². The Labute approximate surface area is 106 Å². The molecule has 0 unspecified atom stereocenters. The van der Waals surface area contributed by atoms with Crippen molar-refractivity contribution in [2.45, 2.75) is 32.3 Å². The van der Waals surface area contributed by atoms with Gasteiger partial charge in [0.25, 0.3) is 0 Å². The third kappa shape index (κ3) is 2.98. The molecule has 0 bridgehead atoms. The lowest BCUT2D eigenvalue weighted by Crippen LogP contribution is -2.12. The Balaban J connectivity index is 2.22. The van der Waals surface area contributed by atoms with Crippen molar-refractivity contribution in [3.8, 4) is 5.75 Å². The maximum Gasteiger partial charge on any atom is 0.137 e. The molecule has 0 atom stereocenters. The van der Waals surface area contributed by atoms with Gasteiger partial charge < -0.3 is 10.1 Å². The van der Waals surface area contributed by atoms with Crippen molar-refractivity contribution in [2.75, 3.05) is 13.6 Å². The summed E-state index contributed by atoms with van der Waals surface area (Å²) in [5.41, 5.74) is 2.58. The lowest BCUT2D eigenvalue weighted by molar-refractivity contribution is 0.298. The van der Waals surface area contributed by atoms with Gasteiger partial charge in [0, 0.05) is 0 Å². The number of ether oxygens (including phenoxy) is 1. The van der Waals surface area contributed by atoms with E-state index in [0.717, 1.165) is 23.2 Å². The molecule has 1 aliphatic carbocycles. The molecule has 88 valence electrons. The third-order valence-electron chi connectivity index (χ3n) is 2.72. The predicted molar refractivity (Wildman–Crippen MR) is 70.2 cm³/mol. The van der Waals surface area contributed by atoms with Gasteiger partial charge in [-0.25, -0.2) is 0 Å². The summed E-state index contributed by atoms with van der Waals surface area (Å²) >= 11 is 3.60. The standard InChI is InChI=1S/C13H18BrNO/c1-9-7-10(5-6-15-2)13(12(14)8-9)16-11-3-4-11/h7-8,11,15H,3-6H2,1-2H3. The fourth-order valence-electron chi connectivity index (χ4n) is 1.73. The third-order valence-corrected chi connectivity index (χ3v) is 3.31. The molecular weight excluding hydrogens is 266 g/mol. The van der Waals surface area contributed by atoms with Gasteiger partial charge in [-0.1, -0.05) is 6.07 Å². The minimum Gasteiger partial charge on any atom is -0.489 e. The van der Waals surface area contributed by atoms with Crippen LogP contribution >= 0.6 is 15.9 Å². The predicted octanol–water partition coefficient (Wildman–Crippen LogP) is 3.06. The minimum absolute atomic E-state index is 0.451. The Morgan fingerprint density at radius 2 is 2.19 bits per heavy atom. The van der Waals surface area contributed by atoms with Gasteiger partial charge >= 0.3 is 0 Å². The summed E-state index contributed by atoms with van der Waals surface area (Å²) in [5.74, 6) is 1.04. The van der Waals surface area contributed by atoms with Gasteiger partial charge in [-0.2, -0.15) is 0 Å². The fourth-order valence-corrected chi connectivity index (χ4v) is 2.44. The smallest absolute Gasteiger partial charge is 0.137 e. The highest BCUT2D eigenvalue weighted by Crippen LogP contribution is 2.36. The molecule has 1 aromatic carbocycles. The Morgan fingerprint density at radius 3 is 2.81 bits per heavy atom. The quantitative estimate of drug-likeness (QED) is 0.897. The van der Waals surface area contributed by atoms with E-state index in [1.165, 1.54) is 24.0 Å². The van der Waals surface area contributed by atoms with Crippen LogP contribution in [0.3, 0.4) is 0 Å². The van der Waals surface area contributed by atoms with Crippen LogP contribution in [-0.2, 0) is 6.42 Å². The zero-order valence-corrected chi connectivity index (χ0v) is 11.4. The normalized spacial score (nSPS) is 15.2. The number of nitrogens with one attached hydrogen (secondary N) is 1. The van der Waals surface area contributed by atoms with E-state index in [9.17, 15) is 0 Å². The van der Waals surface area contributed by atoms with E-state index in [1.807, 2.05) is 7.05 Å². The lowest BCUT2D eigenvalue weighted by Gasteiger charge is -2.14. The molecule has 1 aliphatic rings. The van der Waals surface area contributed by atoms with Crippen molar-refractivity contribution in [1.82, 2.24) is 5.32 Å². The van der Waals surface area contributed by atoms with Crippen molar-refractivity contribution in [2.24, 2.45) is 0 Å². The number of benzene rings is 1. The van der Waals surface area contributed by atoms with Crippen molar-refractivity contribution in [1.29, 1.82) is 0 Å². The van der Waals surface area contributed by atoms with Crippen molar-refractivity contribution < 1.29 is 4.74 Å². The second-order valence-corrected chi connectivity index (χ2v) is 5.26. The molecule has 0 amide bonds. The molecule has 1 aromatic rings. The van der Waals surface area contributed by atoms with Crippen LogP contribution in [0.25, 0.3) is 0 Å². The number of halogens is 1. The molecular formula is C13H18BrNO. The molecule has 16 heavy (non-hydrogen) atoms. The average Bonchev–Trinajstić information content (AvgIpc) is 3.03. The molecule has 1 N–H and O–H groups in total. The molecule has 0 spiro atoms. The SMILES string of the molecule is CNCCc1cc(C)cc(Br)c1OC1CC1. The summed E-state index contributed by atoms with van der Waals surface area (Å²) in [5, 5.41) is 3.18. The molecule has 0 heterocycles. The van der Waals surface area contributed by atoms with E-state index in [-0.39, 0.29) is 0 Å². The molecule has 0 saturated heterocycles. The molecule has 0 aliphatic heterocycles. The van der Waals surface area contributed by atoms with Crippen LogP contribution < -0.4 is 10.1 Å². The zero-order chi connectivity index (χ0) is 11.5. The van der Waals surface area contributed by atoms with Crippen LogP contribution in [0.1, 0.15) is 24.0 Å². The number of aryl methyl sites for hydroxylation is 1. The molecule has 0 aromatic heterocycles.